The summed E-state index contributed by atoms with van der Waals surface area (Å²) in [5, 5.41) is 7.03. The molecule has 1 aliphatic rings. The summed E-state index contributed by atoms with van der Waals surface area (Å²) >= 11 is 0. The van der Waals surface area contributed by atoms with Crippen LogP contribution < -0.4 is 5.32 Å². The van der Waals surface area contributed by atoms with Gasteiger partial charge in [0.1, 0.15) is 5.82 Å². The second-order valence-electron chi connectivity index (χ2n) is 6.72. The van der Waals surface area contributed by atoms with E-state index in [1.807, 2.05) is 24.3 Å². The van der Waals surface area contributed by atoms with Gasteiger partial charge in [-0.25, -0.2) is 23.1 Å². The highest BCUT2D eigenvalue weighted by Crippen LogP contribution is 2.30. The van der Waals surface area contributed by atoms with Gasteiger partial charge in [0.15, 0.2) is 21.5 Å². The Kier molecular flexibility index (Phi) is 4.71. The first-order chi connectivity index (χ1) is 13.4. The number of sulfone groups is 1. The minimum Gasteiger partial charge on any atom is -0.359 e. The molecule has 1 aliphatic heterocycles. The Balaban J connectivity index is 1.77. The highest BCUT2D eigenvalue weighted by Gasteiger charge is 2.32. The van der Waals surface area contributed by atoms with E-state index in [2.05, 4.69) is 25.4 Å². The van der Waals surface area contributed by atoms with Crippen molar-refractivity contribution in [3.05, 3.63) is 42.5 Å². The van der Waals surface area contributed by atoms with Crippen LogP contribution in [-0.2, 0) is 21.1 Å². The van der Waals surface area contributed by atoms with Crippen LogP contribution in [0, 0.1) is 0 Å². The standard InChI is InChI=1S/C18H20N6O3S/c1-19-16(25)10-15-22-18(24(23-15)14-5-8-28(26,27)11-14)13-4-2-3-12(9-13)17-20-6-7-21-17/h2-4,6-7,9,14H,5,8,10-11H2,1H3,(H,19,25)(H,20,21). The Hall–Kier alpha value is -3.01. The van der Waals surface area contributed by atoms with Crippen molar-refractivity contribution < 1.29 is 13.2 Å². The topological polar surface area (TPSA) is 123 Å². The summed E-state index contributed by atoms with van der Waals surface area (Å²) in [4.78, 5) is 23.6. The Labute approximate surface area is 162 Å². The quantitative estimate of drug-likeness (QED) is 0.658. The first-order valence-electron chi connectivity index (χ1n) is 8.92. The van der Waals surface area contributed by atoms with Gasteiger partial charge in [-0.05, 0) is 12.5 Å². The number of benzene rings is 1. The third kappa shape index (κ3) is 3.68. The van der Waals surface area contributed by atoms with Gasteiger partial charge < -0.3 is 10.3 Å². The zero-order chi connectivity index (χ0) is 19.7. The Morgan fingerprint density at radius 3 is 2.86 bits per heavy atom. The fourth-order valence-corrected chi connectivity index (χ4v) is 5.01. The summed E-state index contributed by atoms with van der Waals surface area (Å²) < 4.78 is 25.6. The summed E-state index contributed by atoms with van der Waals surface area (Å²) in [5.41, 5.74) is 1.66. The van der Waals surface area contributed by atoms with E-state index in [1.165, 1.54) is 0 Å². The van der Waals surface area contributed by atoms with Crippen molar-refractivity contribution in [2.24, 2.45) is 0 Å². The first-order valence-corrected chi connectivity index (χ1v) is 10.7. The number of carbonyl (C=O) groups is 1. The van der Waals surface area contributed by atoms with E-state index in [-0.39, 0.29) is 29.9 Å². The van der Waals surface area contributed by atoms with E-state index >= 15 is 0 Å². The van der Waals surface area contributed by atoms with Crippen molar-refractivity contribution in [1.82, 2.24) is 30.0 Å². The molecule has 2 N–H and O–H groups in total. The molecule has 146 valence electrons. The Morgan fingerprint density at radius 2 is 2.18 bits per heavy atom. The van der Waals surface area contributed by atoms with Gasteiger partial charge in [0.2, 0.25) is 5.91 Å². The molecule has 1 saturated heterocycles. The molecule has 3 heterocycles. The number of carbonyl (C=O) groups excluding carboxylic acids is 1. The van der Waals surface area contributed by atoms with Gasteiger partial charge in [0.25, 0.3) is 0 Å². The number of hydrogen-bond donors (Lipinski definition) is 2. The molecule has 1 unspecified atom stereocenters. The molecule has 28 heavy (non-hydrogen) atoms. The predicted molar refractivity (Wildman–Crippen MR) is 103 cm³/mol. The third-order valence-electron chi connectivity index (χ3n) is 4.72. The van der Waals surface area contributed by atoms with Crippen LogP contribution in [0.4, 0.5) is 0 Å². The van der Waals surface area contributed by atoms with Crippen LogP contribution in [0.1, 0.15) is 18.3 Å². The summed E-state index contributed by atoms with van der Waals surface area (Å²) in [5.74, 6) is 1.60. The zero-order valence-electron chi connectivity index (χ0n) is 15.3. The number of nitrogens with zero attached hydrogens (tertiary/aromatic N) is 4. The number of aromatic nitrogens is 5. The van der Waals surface area contributed by atoms with E-state index in [0.717, 1.165) is 17.0 Å². The van der Waals surface area contributed by atoms with Crippen LogP contribution in [0.25, 0.3) is 22.8 Å². The number of H-pyrrole nitrogens is 1. The normalized spacial score (nSPS) is 18.2. The Morgan fingerprint density at radius 1 is 1.36 bits per heavy atom. The van der Waals surface area contributed by atoms with Gasteiger partial charge in [0, 0.05) is 30.6 Å². The summed E-state index contributed by atoms with van der Waals surface area (Å²) in [6, 6.07) is 7.33. The predicted octanol–water partition coefficient (Wildman–Crippen LogP) is 0.983. The third-order valence-corrected chi connectivity index (χ3v) is 6.47. The fourth-order valence-electron chi connectivity index (χ4n) is 3.32. The molecule has 0 bridgehead atoms. The molecule has 0 aliphatic carbocycles. The molecule has 1 aromatic carbocycles. The molecule has 1 fully saturated rings. The average Bonchev–Trinajstić information content (AvgIpc) is 3.41. The summed E-state index contributed by atoms with van der Waals surface area (Å²) in [6.07, 6.45) is 3.94. The molecular formula is C18H20N6O3S. The smallest absolute Gasteiger partial charge is 0.227 e. The van der Waals surface area contributed by atoms with Crippen LogP contribution in [0.15, 0.2) is 36.7 Å². The zero-order valence-corrected chi connectivity index (χ0v) is 16.1. The van der Waals surface area contributed by atoms with Crippen molar-refractivity contribution >= 4 is 15.7 Å². The lowest BCUT2D eigenvalue weighted by atomic mass is 10.1. The van der Waals surface area contributed by atoms with Crippen LogP contribution in [-0.4, -0.2) is 57.6 Å². The molecule has 1 amide bonds. The number of nitrogens with one attached hydrogen (secondary N) is 2. The highest BCUT2D eigenvalue weighted by molar-refractivity contribution is 7.91. The van der Waals surface area contributed by atoms with Crippen molar-refractivity contribution in [3.8, 4) is 22.8 Å². The Bertz CT molecular complexity index is 1100. The maximum Gasteiger partial charge on any atom is 0.227 e. The summed E-state index contributed by atoms with van der Waals surface area (Å²) in [7, 11) is -1.54. The van der Waals surface area contributed by atoms with E-state index in [9.17, 15) is 13.2 Å². The van der Waals surface area contributed by atoms with Crippen LogP contribution in [0.3, 0.4) is 0 Å². The van der Waals surface area contributed by atoms with Gasteiger partial charge in [-0.15, -0.1) is 0 Å². The number of amides is 1. The lowest BCUT2D eigenvalue weighted by molar-refractivity contribution is -0.120. The maximum absolute atomic E-state index is 12.0. The van der Waals surface area contributed by atoms with E-state index in [0.29, 0.717) is 18.1 Å². The molecule has 0 saturated carbocycles. The van der Waals surface area contributed by atoms with Gasteiger partial charge in [0.05, 0.1) is 24.0 Å². The molecule has 10 heteroatoms. The van der Waals surface area contributed by atoms with Crippen LogP contribution >= 0.6 is 0 Å². The fraction of sp³-hybridized carbons (Fsp3) is 0.333. The molecule has 9 nitrogen and oxygen atoms in total. The SMILES string of the molecule is CNC(=O)Cc1nc(-c2cccc(-c3ncc[nH]3)c2)n(C2CCS(=O)(=O)C2)n1. The average molecular weight is 400 g/mol. The molecule has 0 radical (unpaired) electrons. The molecule has 1 atom stereocenters. The molecular weight excluding hydrogens is 380 g/mol. The van der Waals surface area contributed by atoms with E-state index < -0.39 is 9.84 Å². The lowest BCUT2D eigenvalue weighted by Crippen LogP contribution is -2.21. The van der Waals surface area contributed by atoms with Crippen molar-refractivity contribution in [2.45, 2.75) is 18.9 Å². The minimum absolute atomic E-state index is 0.0284. The summed E-state index contributed by atoms with van der Waals surface area (Å²) in [6.45, 7) is 0. The second-order valence-corrected chi connectivity index (χ2v) is 8.95. The lowest BCUT2D eigenvalue weighted by Gasteiger charge is -2.12. The largest absolute Gasteiger partial charge is 0.359 e. The number of likely N-dealkylation sites (N-methyl/N-ethyl adjacent to an activating group) is 1. The maximum atomic E-state index is 12.0. The molecule has 3 aromatic rings. The van der Waals surface area contributed by atoms with E-state index in [1.54, 1.807) is 24.1 Å². The molecule has 0 spiro atoms. The van der Waals surface area contributed by atoms with Crippen molar-refractivity contribution in [2.75, 3.05) is 18.6 Å². The molecule has 2 aromatic heterocycles. The van der Waals surface area contributed by atoms with E-state index in [4.69, 9.17) is 0 Å². The van der Waals surface area contributed by atoms with Gasteiger partial charge in [-0.2, -0.15) is 5.10 Å². The number of hydrogen-bond acceptors (Lipinski definition) is 6. The number of imidazole rings is 1. The van der Waals surface area contributed by atoms with Gasteiger partial charge >= 0.3 is 0 Å². The first kappa shape index (κ1) is 18.4. The van der Waals surface area contributed by atoms with Crippen molar-refractivity contribution in [3.63, 3.8) is 0 Å². The van der Waals surface area contributed by atoms with Gasteiger partial charge in [-0.1, -0.05) is 18.2 Å². The monoisotopic (exact) mass is 400 g/mol. The highest BCUT2D eigenvalue weighted by atomic mass is 32.2. The number of aromatic amines is 1. The van der Waals surface area contributed by atoms with Crippen LogP contribution in [0.5, 0.6) is 0 Å². The van der Waals surface area contributed by atoms with Crippen LogP contribution in [0.2, 0.25) is 0 Å². The number of rotatable bonds is 5. The minimum atomic E-state index is -3.09. The van der Waals surface area contributed by atoms with Crippen molar-refractivity contribution in [1.29, 1.82) is 0 Å². The second kappa shape index (κ2) is 7.19. The van der Waals surface area contributed by atoms with Gasteiger partial charge in [-0.3, -0.25) is 4.79 Å². The molecule has 4 rings (SSSR count).